The van der Waals surface area contributed by atoms with Crippen molar-refractivity contribution in [3.05, 3.63) is 17.7 Å². The Morgan fingerprint density at radius 1 is 1.20 bits per heavy atom. The predicted molar refractivity (Wildman–Crippen MR) is 61.2 cm³/mol. The van der Waals surface area contributed by atoms with Crippen LogP contribution in [0.4, 0.5) is 5.69 Å². The van der Waals surface area contributed by atoms with Gasteiger partial charge in [0, 0.05) is 17.8 Å². The van der Waals surface area contributed by atoms with Gasteiger partial charge in [-0.15, -0.1) is 0 Å². The third-order valence-electron chi connectivity index (χ3n) is 2.43. The van der Waals surface area contributed by atoms with Gasteiger partial charge in [-0.3, -0.25) is 0 Å². The van der Waals surface area contributed by atoms with E-state index < -0.39 is 0 Å². The van der Waals surface area contributed by atoms with Gasteiger partial charge in [0.15, 0.2) is 11.5 Å². The van der Waals surface area contributed by atoms with Crippen LogP contribution >= 0.6 is 0 Å². The molecule has 15 heavy (non-hydrogen) atoms. The first-order chi connectivity index (χ1) is 7.13. The molecule has 0 aliphatic rings. The van der Waals surface area contributed by atoms with Crippen LogP contribution in [-0.4, -0.2) is 14.2 Å². The molecule has 0 aliphatic carbocycles. The van der Waals surface area contributed by atoms with Gasteiger partial charge in [0.2, 0.25) is 0 Å². The molecule has 0 radical (unpaired) electrons. The Labute approximate surface area is 90.2 Å². The summed E-state index contributed by atoms with van der Waals surface area (Å²) in [7, 11) is 3.17. The average Bonchev–Trinajstić information content (AvgIpc) is 2.27. The topological polar surface area (TPSA) is 70.5 Å². The van der Waals surface area contributed by atoms with Gasteiger partial charge >= 0.3 is 0 Å². The number of benzene rings is 1. The number of nitrogens with two attached hydrogens (primary N) is 2. The molecule has 84 valence electrons. The summed E-state index contributed by atoms with van der Waals surface area (Å²) >= 11 is 0. The quantitative estimate of drug-likeness (QED) is 0.742. The standard InChI is InChI=1S/C11H18N2O2/c1-4-8(12)7-5-10(14-2)11(15-3)6-9(7)13/h5-6,8H,4,12-13H2,1-3H3. The van der Waals surface area contributed by atoms with Crippen molar-refractivity contribution < 1.29 is 9.47 Å². The van der Waals surface area contributed by atoms with Gasteiger partial charge in [0.25, 0.3) is 0 Å². The SMILES string of the molecule is CCC(N)c1cc(OC)c(OC)cc1N. The zero-order valence-electron chi connectivity index (χ0n) is 9.41. The summed E-state index contributed by atoms with van der Waals surface area (Å²) in [6.07, 6.45) is 0.833. The van der Waals surface area contributed by atoms with Crippen LogP contribution in [0.1, 0.15) is 24.9 Å². The van der Waals surface area contributed by atoms with Gasteiger partial charge in [0.05, 0.1) is 14.2 Å². The second kappa shape index (κ2) is 4.89. The summed E-state index contributed by atoms with van der Waals surface area (Å²) < 4.78 is 10.3. The second-order valence-electron chi connectivity index (χ2n) is 3.35. The first-order valence-corrected chi connectivity index (χ1v) is 4.91. The van der Waals surface area contributed by atoms with Crippen molar-refractivity contribution in [2.24, 2.45) is 5.73 Å². The molecule has 0 saturated heterocycles. The largest absolute Gasteiger partial charge is 0.493 e. The highest BCUT2D eigenvalue weighted by Gasteiger charge is 2.13. The van der Waals surface area contributed by atoms with Crippen molar-refractivity contribution in [1.29, 1.82) is 0 Å². The van der Waals surface area contributed by atoms with Crippen molar-refractivity contribution in [3.8, 4) is 11.5 Å². The molecular weight excluding hydrogens is 192 g/mol. The van der Waals surface area contributed by atoms with E-state index in [0.717, 1.165) is 12.0 Å². The highest BCUT2D eigenvalue weighted by molar-refractivity contribution is 5.58. The summed E-state index contributed by atoms with van der Waals surface area (Å²) in [5, 5.41) is 0. The number of anilines is 1. The third-order valence-corrected chi connectivity index (χ3v) is 2.43. The maximum Gasteiger partial charge on any atom is 0.162 e. The van der Waals surface area contributed by atoms with E-state index >= 15 is 0 Å². The molecule has 1 atom stereocenters. The van der Waals surface area contributed by atoms with Crippen molar-refractivity contribution in [2.75, 3.05) is 20.0 Å². The number of ether oxygens (including phenoxy) is 2. The third kappa shape index (κ3) is 2.33. The molecule has 4 heteroatoms. The lowest BCUT2D eigenvalue weighted by molar-refractivity contribution is 0.354. The van der Waals surface area contributed by atoms with Crippen LogP contribution in [0.3, 0.4) is 0 Å². The van der Waals surface area contributed by atoms with Gasteiger partial charge < -0.3 is 20.9 Å². The molecule has 0 bridgehead atoms. The lowest BCUT2D eigenvalue weighted by Crippen LogP contribution is -2.11. The zero-order valence-corrected chi connectivity index (χ0v) is 9.41. The monoisotopic (exact) mass is 210 g/mol. The Morgan fingerprint density at radius 3 is 2.20 bits per heavy atom. The van der Waals surface area contributed by atoms with E-state index in [1.165, 1.54) is 0 Å². The van der Waals surface area contributed by atoms with Crippen molar-refractivity contribution in [1.82, 2.24) is 0 Å². The molecule has 1 unspecified atom stereocenters. The van der Waals surface area contributed by atoms with E-state index in [9.17, 15) is 0 Å². The van der Waals surface area contributed by atoms with Crippen LogP contribution in [0.25, 0.3) is 0 Å². The van der Waals surface area contributed by atoms with E-state index in [1.807, 2.05) is 13.0 Å². The maximum absolute atomic E-state index is 5.93. The van der Waals surface area contributed by atoms with Crippen LogP contribution in [0.5, 0.6) is 11.5 Å². The van der Waals surface area contributed by atoms with Crippen LogP contribution in [0, 0.1) is 0 Å². The smallest absolute Gasteiger partial charge is 0.162 e. The Morgan fingerprint density at radius 2 is 1.73 bits per heavy atom. The normalized spacial score (nSPS) is 12.3. The fraction of sp³-hybridized carbons (Fsp3) is 0.455. The molecule has 0 aromatic heterocycles. The number of hydrogen-bond donors (Lipinski definition) is 2. The van der Waals surface area contributed by atoms with E-state index in [1.54, 1.807) is 20.3 Å². The summed E-state index contributed by atoms with van der Waals surface area (Å²) in [5.74, 6) is 1.28. The summed E-state index contributed by atoms with van der Waals surface area (Å²) in [5.41, 5.74) is 13.4. The van der Waals surface area contributed by atoms with E-state index in [2.05, 4.69) is 0 Å². The van der Waals surface area contributed by atoms with Gasteiger partial charge in [-0.05, 0) is 18.1 Å². The molecule has 0 fully saturated rings. The lowest BCUT2D eigenvalue weighted by Gasteiger charge is -2.16. The zero-order chi connectivity index (χ0) is 11.4. The molecule has 0 aliphatic heterocycles. The summed E-state index contributed by atoms with van der Waals surface area (Å²) in [6.45, 7) is 2.01. The lowest BCUT2D eigenvalue weighted by atomic mass is 10.0. The first-order valence-electron chi connectivity index (χ1n) is 4.91. The van der Waals surface area contributed by atoms with Crippen LogP contribution in [-0.2, 0) is 0 Å². The number of methoxy groups -OCH3 is 2. The molecule has 0 amide bonds. The van der Waals surface area contributed by atoms with E-state index in [-0.39, 0.29) is 6.04 Å². The van der Waals surface area contributed by atoms with Gasteiger partial charge in [-0.1, -0.05) is 6.92 Å². The molecule has 1 rings (SSSR count). The Kier molecular flexibility index (Phi) is 3.80. The van der Waals surface area contributed by atoms with Crippen molar-refractivity contribution >= 4 is 5.69 Å². The minimum absolute atomic E-state index is 0.0650. The predicted octanol–water partition coefficient (Wildman–Crippen LogP) is 1.70. The highest BCUT2D eigenvalue weighted by Crippen LogP contribution is 2.34. The Bertz CT molecular complexity index is 340. The Balaban J connectivity index is 3.19. The summed E-state index contributed by atoms with van der Waals surface area (Å²) in [6, 6.07) is 3.51. The molecule has 0 spiro atoms. The minimum Gasteiger partial charge on any atom is -0.493 e. The number of hydrogen-bond acceptors (Lipinski definition) is 4. The molecular formula is C11H18N2O2. The molecule has 0 heterocycles. The Hall–Kier alpha value is -1.42. The van der Waals surface area contributed by atoms with Crippen molar-refractivity contribution in [2.45, 2.75) is 19.4 Å². The van der Waals surface area contributed by atoms with Crippen LogP contribution in [0.15, 0.2) is 12.1 Å². The number of rotatable bonds is 4. The molecule has 4 nitrogen and oxygen atoms in total. The second-order valence-corrected chi connectivity index (χ2v) is 3.35. The number of nitrogen functional groups attached to an aromatic ring is 1. The summed E-state index contributed by atoms with van der Waals surface area (Å²) in [4.78, 5) is 0. The van der Waals surface area contributed by atoms with Crippen LogP contribution in [0.2, 0.25) is 0 Å². The van der Waals surface area contributed by atoms with Crippen LogP contribution < -0.4 is 20.9 Å². The molecule has 1 aromatic carbocycles. The van der Waals surface area contributed by atoms with Gasteiger partial charge in [-0.2, -0.15) is 0 Å². The minimum atomic E-state index is -0.0650. The van der Waals surface area contributed by atoms with Gasteiger partial charge in [0.1, 0.15) is 0 Å². The maximum atomic E-state index is 5.93. The first kappa shape index (κ1) is 11.7. The highest BCUT2D eigenvalue weighted by atomic mass is 16.5. The molecule has 1 aromatic rings. The van der Waals surface area contributed by atoms with E-state index in [4.69, 9.17) is 20.9 Å². The van der Waals surface area contributed by atoms with E-state index in [0.29, 0.717) is 17.2 Å². The fourth-order valence-corrected chi connectivity index (χ4v) is 1.45. The average molecular weight is 210 g/mol. The molecule has 4 N–H and O–H groups in total. The van der Waals surface area contributed by atoms with Gasteiger partial charge in [-0.25, -0.2) is 0 Å². The van der Waals surface area contributed by atoms with Crippen molar-refractivity contribution in [3.63, 3.8) is 0 Å². The molecule has 0 saturated carbocycles. The fourth-order valence-electron chi connectivity index (χ4n) is 1.45.